The summed E-state index contributed by atoms with van der Waals surface area (Å²) in [5.74, 6) is 1.02. The summed E-state index contributed by atoms with van der Waals surface area (Å²) in [6.45, 7) is 6.74. The molecule has 0 unspecified atom stereocenters. The molecule has 84 valence electrons. The lowest BCUT2D eigenvalue weighted by molar-refractivity contribution is 0.532. The lowest BCUT2D eigenvalue weighted by atomic mass is 10.3. The maximum atomic E-state index is 6.24. The van der Waals surface area contributed by atoms with Crippen molar-refractivity contribution in [3.05, 3.63) is 28.7 Å². The second kappa shape index (κ2) is 5.71. The minimum Gasteiger partial charge on any atom is -0.543 e. The van der Waals surface area contributed by atoms with E-state index < -0.39 is 8.32 Å². The normalized spacial score (nSPS) is 11.5. The largest absolute Gasteiger partial charge is 0.543 e. The Labute approximate surface area is 102 Å². The molecule has 3 heteroatoms. The van der Waals surface area contributed by atoms with Gasteiger partial charge in [-0.25, -0.2) is 0 Å². The van der Waals surface area contributed by atoms with Crippen LogP contribution in [0.5, 0.6) is 5.75 Å². The van der Waals surface area contributed by atoms with Crippen LogP contribution in [-0.4, -0.2) is 8.32 Å². The predicted octanol–water partition coefficient (Wildman–Crippen LogP) is 4.83. The van der Waals surface area contributed by atoms with E-state index in [1.54, 1.807) is 0 Å². The Balaban J connectivity index is 2.82. The minimum atomic E-state index is -1.50. The first-order chi connectivity index (χ1) is 7.15. The van der Waals surface area contributed by atoms with Crippen LogP contribution in [0.25, 0.3) is 0 Å². The summed E-state index contributed by atoms with van der Waals surface area (Å²) in [4.78, 5) is 0. The highest BCUT2D eigenvalue weighted by atomic mass is 79.9. The van der Waals surface area contributed by atoms with E-state index in [1.807, 2.05) is 18.2 Å². The third-order valence-electron chi connectivity index (χ3n) is 3.06. The number of benzene rings is 1. The van der Waals surface area contributed by atoms with Crippen molar-refractivity contribution in [2.24, 2.45) is 0 Å². The molecule has 0 aromatic heterocycles. The molecule has 0 aliphatic carbocycles. The highest BCUT2D eigenvalue weighted by Crippen LogP contribution is 2.27. The molecule has 0 amide bonds. The summed E-state index contributed by atoms with van der Waals surface area (Å²) in [5, 5.41) is 0. The molecule has 0 spiro atoms. The lowest BCUT2D eigenvalue weighted by Crippen LogP contribution is -2.39. The molecule has 0 saturated carbocycles. The van der Waals surface area contributed by atoms with Crippen LogP contribution in [0.1, 0.15) is 20.8 Å². The third kappa shape index (κ3) is 3.35. The SMILES string of the molecule is CC[Si](CC)(CC)Oc1cccc(Br)c1. The Kier molecular flexibility index (Phi) is 4.86. The zero-order valence-electron chi connectivity index (χ0n) is 9.72. The van der Waals surface area contributed by atoms with E-state index in [2.05, 4.69) is 42.8 Å². The molecule has 0 aliphatic rings. The van der Waals surface area contributed by atoms with Gasteiger partial charge in [-0.1, -0.05) is 42.8 Å². The summed E-state index contributed by atoms with van der Waals surface area (Å²) < 4.78 is 7.33. The van der Waals surface area contributed by atoms with E-state index in [0.717, 1.165) is 10.2 Å². The zero-order valence-corrected chi connectivity index (χ0v) is 12.3. The van der Waals surface area contributed by atoms with Gasteiger partial charge in [0.15, 0.2) is 0 Å². The molecular weight excluding hydrogens is 268 g/mol. The summed E-state index contributed by atoms with van der Waals surface area (Å²) in [6, 6.07) is 11.7. The summed E-state index contributed by atoms with van der Waals surface area (Å²) >= 11 is 3.47. The van der Waals surface area contributed by atoms with E-state index in [4.69, 9.17) is 4.43 Å². The van der Waals surface area contributed by atoms with Gasteiger partial charge in [0.2, 0.25) is 8.32 Å². The molecule has 15 heavy (non-hydrogen) atoms. The maximum absolute atomic E-state index is 6.24. The molecule has 1 rings (SSSR count). The topological polar surface area (TPSA) is 9.23 Å². The molecular formula is C12H19BrOSi. The fraction of sp³-hybridized carbons (Fsp3) is 0.500. The molecule has 1 aromatic carbocycles. The van der Waals surface area contributed by atoms with Gasteiger partial charge in [0.25, 0.3) is 0 Å². The predicted molar refractivity (Wildman–Crippen MR) is 72.0 cm³/mol. The first kappa shape index (κ1) is 12.8. The van der Waals surface area contributed by atoms with Gasteiger partial charge in [-0.05, 0) is 36.3 Å². The maximum Gasteiger partial charge on any atom is 0.250 e. The van der Waals surface area contributed by atoms with Crippen molar-refractivity contribution in [3.8, 4) is 5.75 Å². The first-order valence-corrected chi connectivity index (χ1v) is 8.92. The van der Waals surface area contributed by atoms with Crippen LogP contribution in [0.15, 0.2) is 28.7 Å². The van der Waals surface area contributed by atoms with Gasteiger partial charge in [-0.15, -0.1) is 0 Å². The number of hydrogen-bond donors (Lipinski definition) is 0. The first-order valence-electron chi connectivity index (χ1n) is 5.60. The molecule has 1 aromatic rings. The number of halogens is 1. The average molecular weight is 287 g/mol. The smallest absolute Gasteiger partial charge is 0.250 e. The van der Waals surface area contributed by atoms with Crippen molar-refractivity contribution in [1.82, 2.24) is 0 Å². The molecule has 0 atom stereocenters. The Morgan fingerprint density at radius 1 is 1.13 bits per heavy atom. The van der Waals surface area contributed by atoms with Crippen molar-refractivity contribution < 1.29 is 4.43 Å². The van der Waals surface area contributed by atoms with Crippen LogP contribution < -0.4 is 4.43 Å². The number of rotatable bonds is 5. The Morgan fingerprint density at radius 2 is 1.73 bits per heavy atom. The third-order valence-corrected chi connectivity index (χ3v) is 8.09. The van der Waals surface area contributed by atoms with Crippen molar-refractivity contribution in [3.63, 3.8) is 0 Å². The number of hydrogen-bond acceptors (Lipinski definition) is 1. The molecule has 1 nitrogen and oxygen atoms in total. The van der Waals surface area contributed by atoms with Crippen molar-refractivity contribution in [1.29, 1.82) is 0 Å². The molecule has 0 bridgehead atoms. The quantitative estimate of drug-likeness (QED) is 0.705. The molecule has 0 heterocycles. The second-order valence-corrected chi connectivity index (χ2v) is 9.41. The highest BCUT2D eigenvalue weighted by Gasteiger charge is 2.30. The van der Waals surface area contributed by atoms with E-state index in [0.29, 0.717) is 0 Å². The lowest BCUT2D eigenvalue weighted by Gasteiger charge is -2.28. The minimum absolute atomic E-state index is 1.02. The summed E-state index contributed by atoms with van der Waals surface area (Å²) in [5.41, 5.74) is 0. The van der Waals surface area contributed by atoms with Gasteiger partial charge in [0.05, 0.1) is 0 Å². The fourth-order valence-electron chi connectivity index (χ4n) is 1.75. The van der Waals surface area contributed by atoms with Gasteiger partial charge < -0.3 is 4.43 Å². The zero-order chi connectivity index (χ0) is 11.3. The van der Waals surface area contributed by atoms with E-state index in [1.165, 1.54) is 18.1 Å². The molecule has 0 fully saturated rings. The van der Waals surface area contributed by atoms with Gasteiger partial charge in [-0.3, -0.25) is 0 Å². The standard InChI is InChI=1S/C12H19BrOSi/c1-4-15(5-2,6-3)14-12-9-7-8-11(13)10-12/h7-10H,4-6H2,1-3H3. The van der Waals surface area contributed by atoms with Crippen LogP contribution >= 0.6 is 15.9 Å². The highest BCUT2D eigenvalue weighted by molar-refractivity contribution is 9.10. The summed E-state index contributed by atoms with van der Waals surface area (Å²) in [7, 11) is -1.50. The second-order valence-electron chi connectivity index (χ2n) is 3.80. The monoisotopic (exact) mass is 286 g/mol. The van der Waals surface area contributed by atoms with Crippen LogP contribution in [0.3, 0.4) is 0 Å². The van der Waals surface area contributed by atoms with Crippen molar-refractivity contribution in [2.75, 3.05) is 0 Å². The molecule has 0 radical (unpaired) electrons. The van der Waals surface area contributed by atoms with Crippen LogP contribution in [0, 0.1) is 0 Å². The fourth-order valence-corrected chi connectivity index (χ4v) is 4.69. The van der Waals surface area contributed by atoms with Crippen molar-refractivity contribution in [2.45, 2.75) is 38.9 Å². The van der Waals surface area contributed by atoms with Crippen LogP contribution in [-0.2, 0) is 0 Å². The van der Waals surface area contributed by atoms with Gasteiger partial charge in [0.1, 0.15) is 5.75 Å². The molecule has 0 aliphatic heterocycles. The molecule has 0 N–H and O–H groups in total. The Hall–Kier alpha value is -0.283. The van der Waals surface area contributed by atoms with E-state index >= 15 is 0 Å². The van der Waals surface area contributed by atoms with Crippen LogP contribution in [0.4, 0.5) is 0 Å². The van der Waals surface area contributed by atoms with Gasteiger partial charge >= 0.3 is 0 Å². The van der Waals surface area contributed by atoms with E-state index in [-0.39, 0.29) is 0 Å². The molecule has 0 saturated heterocycles. The van der Waals surface area contributed by atoms with Crippen molar-refractivity contribution >= 4 is 24.2 Å². The van der Waals surface area contributed by atoms with E-state index in [9.17, 15) is 0 Å². The van der Waals surface area contributed by atoms with Crippen LogP contribution in [0.2, 0.25) is 18.1 Å². The van der Waals surface area contributed by atoms with Gasteiger partial charge in [-0.2, -0.15) is 0 Å². The Bertz CT molecular complexity index is 302. The Morgan fingerprint density at radius 3 is 2.20 bits per heavy atom. The van der Waals surface area contributed by atoms with Gasteiger partial charge in [0, 0.05) is 4.47 Å². The average Bonchev–Trinajstić information content (AvgIpc) is 2.26. The summed E-state index contributed by atoms with van der Waals surface area (Å²) in [6.07, 6.45) is 0.